The molecule has 2 fully saturated rings. The number of carbonyl (C=O) groups is 2. The molecule has 0 aliphatic carbocycles. The van der Waals surface area contributed by atoms with Gasteiger partial charge in [-0.15, -0.1) is 0 Å². The number of nitrogens with one attached hydrogen (secondary N) is 2. The molecular formula is C20H23N3O2. The van der Waals surface area contributed by atoms with E-state index < -0.39 is 0 Å². The van der Waals surface area contributed by atoms with Gasteiger partial charge in [-0.3, -0.25) is 9.59 Å². The zero-order chi connectivity index (χ0) is 17.2. The van der Waals surface area contributed by atoms with Crippen molar-refractivity contribution in [2.75, 3.05) is 32.7 Å². The Labute approximate surface area is 147 Å². The van der Waals surface area contributed by atoms with Crippen molar-refractivity contribution in [3.63, 3.8) is 0 Å². The standard InChI is InChI=1S/C20H23N3O2/c24-19(8-15-6-3-5-14-4-1-2-7-18(14)15)22-11-20(25)23-12-16-9-21-10-17(16)13-23/h1-7,16-17,21H,8-13H2,(H,22,24)/t16-,17+. The first kappa shape index (κ1) is 16.1. The van der Waals surface area contributed by atoms with Gasteiger partial charge in [-0.25, -0.2) is 0 Å². The Hall–Kier alpha value is -2.40. The van der Waals surface area contributed by atoms with E-state index in [1.807, 2.05) is 47.4 Å². The molecule has 5 nitrogen and oxygen atoms in total. The van der Waals surface area contributed by atoms with Crippen LogP contribution in [0.2, 0.25) is 0 Å². The van der Waals surface area contributed by atoms with Crippen LogP contribution in [0.15, 0.2) is 42.5 Å². The monoisotopic (exact) mass is 337 g/mol. The van der Waals surface area contributed by atoms with E-state index in [9.17, 15) is 9.59 Å². The molecule has 2 amide bonds. The molecule has 130 valence electrons. The second kappa shape index (κ2) is 6.84. The van der Waals surface area contributed by atoms with Crippen molar-refractivity contribution < 1.29 is 9.59 Å². The first-order valence-corrected chi connectivity index (χ1v) is 8.92. The molecule has 5 heteroatoms. The summed E-state index contributed by atoms with van der Waals surface area (Å²) in [6.07, 6.45) is 0.295. The molecule has 2 N–H and O–H groups in total. The van der Waals surface area contributed by atoms with E-state index in [2.05, 4.69) is 10.6 Å². The average Bonchev–Trinajstić information content (AvgIpc) is 3.22. The topological polar surface area (TPSA) is 61.4 Å². The summed E-state index contributed by atoms with van der Waals surface area (Å²) in [5, 5.41) is 8.38. The SMILES string of the molecule is O=C(Cc1cccc2ccccc12)NCC(=O)N1C[C@H]2CNC[C@H]2C1. The highest BCUT2D eigenvalue weighted by Crippen LogP contribution is 2.26. The van der Waals surface area contributed by atoms with Crippen molar-refractivity contribution in [2.24, 2.45) is 11.8 Å². The largest absolute Gasteiger partial charge is 0.347 e. The zero-order valence-corrected chi connectivity index (χ0v) is 14.2. The summed E-state index contributed by atoms with van der Waals surface area (Å²) in [6.45, 7) is 3.73. The number of hydrogen-bond donors (Lipinski definition) is 2. The predicted molar refractivity (Wildman–Crippen MR) is 97.1 cm³/mol. The van der Waals surface area contributed by atoms with Gasteiger partial charge in [-0.05, 0) is 28.2 Å². The van der Waals surface area contributed by atoms with Gasteiger partial charge in [-0.1, -0.05) is 42.5 Å². The van der Waals surface area contributed by atoms with Gasteiger partial charge in [0.2, 0.25) is 11.8 Å². The Balaban J connectivity index is 1.32. The lowest BCUT2D eigenvalue weighted by molar-refractivity contribution is -0.132. The highest BCUT2D eigenvalue weighted by atomic mass is 16.2. The van der Waals surface area contributed by atoms with E-state index >= 15 is 0 Å². The molecule has 2 heterocycles. The van der Waals surface area contributed by atoms with Crippen LogP contribution >= 0.6 is 0 Å². The van der Waals surface area contributed by atoms with Crippen LogP contribution in [0.1, 0.15) is 5.56 Å². The second-order valence-electron chi connectivity index (χ2n) is 7.07. The quantitative estimate of drug-likeness (QED) is 0.881. The van der Waals surface area contributed by atoms with Gasteiger partial charge in [0, 0.05) is 26.2 Å². The highest BCUT2D eigenvalue weighted by Gasteiger charge is 2.37. The molecule has 25 heavy (non-hydrogen) atoms. The van der Waals surface area contributed by atoms with E-state index in [0.29, 0.717) is 18.3 Å². The number of nitrogens with zero attached hydrogens (tertiary/aromatic N) is 1. The average molecular weight is 337 g/mol. The summed E-state index contributed by atoms with van der Waals surface area (Å²) in [7, 11) is 0. The Kier molecular flexibility index (Phi) is 4.40. The van der Waals surface area contributed by atoms with Gasteiger partial charge >= 0.3 is 0 Å². The molecule has 2 aliphatic rings. The third-order valence-electron chi connectivity index (χ3n) is 5.41. The lowest BCUT2D eigenvalue weighted by Crippen LogP contribution is -2.40. The van der Waals surface area contributed by atoms with Gasteiger partial charge in [-0.2, -0.15) is 0 Å². The number of carbonyl (C=O) groups excluding carboxylic acids is 2. The molecule has 0 bridgehead atoms. The van der Waals surface area contributed by atoms with Crippen molar-refractivity contribution in [3.8, 4) is 0 Å². The molecule has 2 aliphatic heterocycles. The van der Waals surface area contributed by atoms with Crippen molar-refractivity contribution in [3.05, 3.63) is 48.0 Å². The fourth-order valence-electron chi connectivity index (χ4n) is 4.03. The first-order valence-electron chi connectivity index (χ1n) is 8.92. The van der Waals surface area contributed by atoms with Crippen LogP contribution in [0, 0.1) is 11.8 Å². The molecule has 0 saturated carbocycles. The summed E-state index contributed by atoms with van der Waals surface area (Å²) in [5.41, 5.74) is 0.991. The normalized spacial score (nSPS) is 22.2. The maximum atomic E-state index is 12.3. The fourth-order valence-corrected chi connectivity index (χ4v) is 4.03. The minimum Gasteiger partial charge on any atom is -0.347 e. The number of likely N-dealkylation sites (tertiary alicyclic amines) is 1. The van der Waals surface area contributed by atoms with Crippen LogP contribution in [0.3, 0.4) is 0 Å². The zero-order valence-electron chi connectivity index (χ0n) is 14.2. The van der Waals surface area contributed by atoms with Crippen LogP contribution < -0.4 is 10.6 Å². The van der Waals surface area contributed by atoms with Gasteiger partial charge in [0.05, 0.1) is 13.0 Å². The van der Waals surface area contributed by atoms with Crippen LogP contribution in [-0.2, 0) is 16.0 Å². The fraction of sp³-hybridized carbons (Fsp3) is 0.400. The maximum absolute atomic E-state index is 12.3. The molecule has 2 aromatic carbocycles. The van der Waals surface area contributed by atoms with E-state index in [1.165, 1.54) is 0 Å². The Morgan fingerprint density at radius 1 is 1.04 bits per heavy atom. The minimum absolute atomic E-state index is 0.0284. The van der Waals surface area contributed by atoms with Crippen molar-refractivity contribution in [1.29, 1.82) is 0 Å². The summed E-state index contributed by atoms with van der Waals surface area (Å²) in [5.74, 6) is 1.08. The van der Waals surface area contributed by atoms with E-state index in [-0.39, 0.29) is 18.4 Å². The van der Waals surface area contributed by atoms with E-state index in [4.69, 9.17) is 0 Å². The minimum atomic E-state index is -0.106. The Bertz CT molecular complexity index is 787. The van der Waals surface area contributed by atoms with Crippen LogP contribution in [0.4, 0.5) is 0 Å². The van der Waals surface area contributed by atoms with Crippen molar-refractivity contribution >= 4 is 22.6 Å². The number of hydrogen-bond acceptors (Lipinski definition) is 3. The van der Waals surface area contributed by atoms with Gasteiger partial charge < -0.3 is 15.5 Å². The lowest BCUT2D eigenvalue weighted by atomic mass is 10.0. The number of fused-ring (bicyclic) bond motifs is 2. The molecule has 2 aromatic rings. The summed E-state index contributed by atoms with van der Waals surface area (Å²) < 4.78 is 0. The highest BCUT2D eigenvalue weighted by molar-refractivity contribution is 5.91. The number of benzene rings is 2. The van der Waals surface area contributed by atoms with Gasteiger partial charge in [0.1, 0.15) is 0 Å². The second-order valence-corrected chi connectivity index (χ2v) is 7.07. The smallest absolute Gasteiger partial charge is 0.241 e. The molecule has 2 saturated heterocycles. The molecule has 2 atom stereocenters. The Morgan fingerprint density at radius 2 is 1.76 bits per heavy atom. The molecular weight excluding hydrogens is 314 g/mol. The summed E-state index contributed by atoms with van der Waals surface area (Å²) in [6, 6.07) is 14.0. The van der Waals surface area contributed by atoms with Crippen LogP contribution in [0.5, 0.6) is 0 Å². The van der Waals surface area contributed by atoms with Crippen LogP contribution in [-0.4, -0.2) is 49.4 Å². The lowest BCUT2D eigenvalue weighted by Gasteiger charge is -2.18. The van der Waals surface area contributed by atoms with Crippen molar-refractivity contribution in [1.82, 2.24) is 15.5 Å². The summed E-state index contributed by atoms with van der Waals surface area (Å²) in [4.78, 5) is 26.5. The van der Waals surface area contributed by atoms with Gasteiger partial charge in [0.25, 0.3) is 0 Å². The summed E-state index contributed by atoms with van der Waals surface area (Å²) >= 11 is 0. The predicted octanol–water partition coefficient (Wildman–Crippen LogP) is 1.18. The van der Waals surface area contributed by atoms with Gasteiger partial charge in [0.15, 0.2) is 0 Å². The molecule has 0 unspecified atom stereocenters. The molecule has 0 aromatic heterocycles. The molecule has 4 rings (SSSR count). The van der Waals surface area contributed by atoms with E-state index in [1.54, 1.807) is 0 Å². The number of amides is 2. The van der Waals surface area contributed by atoms with E-state index in [0.717, 1.165) is 42.5 Å². The first-order chi connectivity index (χ1) is 12.2. The molecule has 0 spiro atoms. The Morgan fingerprint density at radius 3 is 2.56 bits per heavy atom. The number of rotatable bonds is 4. The molecule has 0 radical (unpaired) electrons. The third kappa shape index (κ3) is 3.37. The maximum Gasteiger partial charge on any atom is 0.241 e. The third-order valence-corrected chi connectivity index (χ3v) is 5.41. The van der Waals surface area contributed by atoms with Crippen LogP contribution in [0.25, 0.3) is 10.8 Å². The van der Waals surface area contributed by atoms with Crippen molar-refractivity contribution in [2.45, 2.75) is 6.42 Å².